The Balaban J connectivity index is 1.54. The molecule has 24 heavy (non-hydrogen) atoms. The third-order valence-electron chi connectivity index (χ3n) is 4.34. The first-order valence-electron chi connectivity index (χ1n) is 8.17. The number of nitrogens with zero attached hydrogens (tertiary/aromatic N) is 5. The first kappa shape index (κ1) is 16.1. The van der Waals surface area contributed by atoms with Crippen LogP contribution in [0.15, 0.2) is 36.7 Å². The first-order valence-corrected chi connectivity index (χ1v) is 8.17. The molecule has 0 spiro atoms. The van der Waals surface area contributed by atoms with Crippen molar-refractivity contribution in [2.75, 3.05) is 42.3 Å². The van der Waals surface area contributed by atoms with E-state index in [4.69, 9.17) is 5.26 Å². The summed E-state index contributed by atoms with van der Waals surface area (Å²) in [5.41, 5.74) is 2.84. The minimum atomic E-state index is 0.344. The summed E-state index contributed by atoms with van der Waals surface area (Å²) >= 11 is 0. The summed E-state index contributed by atoms with van der Waals surface area (Å²) in [6.07, 6.45) is 5.24. The lowest BCUT2D eigenvalue weighted by molar-refractivity contribution is 0.525. The number of nitrogens with one attached hydrogen (secondary N) is 1. The molecule has 1 saturated heterocycles. The summed E-state index contributed by atoms with van der Waals surface area (Å²) in [5.74, 6) is 0.739. The largest absolute Gasteiger partial charge is 0.378 e. The van der Waals surface area contributed by atoms with Crippen LogP contribution in [0.25, 0.3) is 0 Å². The zero-order valence-electron chi connectivity index (χ0n) is 14.1. The van der Waals surface area contributed by atoms with E-state index in [0.717, 1.165) is 31.7 Å². The van der Waals surface area contributed by atoms with E-state index in [1.165, 1.54) is 17.6 Å². The second kappa shape index (κ2) is 7.18. The monoisotopic (exact) mass is 322 g/mol. The summed E-state index contributed by atoms with van der Waals surface area (Å²) in [6.45, 7) is 2.03. The molecule has 6 heteroatoms. The zero-order chi connectivity index (χ0) is 16.9. The Labute approximate surface area is 142 Å². The van der Waals surface area contributed by atoms with Gasteiger partial charge in [-0.05, 0) is 37.1 Å². The molecule has 1 aromatic heterocycles. The lowest BCUT2D eigenvalue weighted by atomic mass is 10.0. The quantitative estimate of drug-likeness (QED) is 0.933. The average Bonchev–Trinajstić information content (AvgIpc) is 2.63. The highest BCUT2D eigenvalue weighted by Gasteiger charge is 2.19. The Morgan fingerprint density at radius 3 is 2.38 bits per heavy atom. The van der Waals surface area contributed by atoms with Gasteiger partial charge in [0, 0.05) is 44.6 Å². The number of anilines is 3. The molecule has 1 aliphatic rings. The van der Waals surface area contributed by atoms with Crippen LogP contribution in [-0.2, 0) is 0 Å². The van der Waals surface area contributed by atoms with E-state index in [2.05, 4.69) is 63.4 Å². The van der Waals surface area contributed by atoms with Crippen molar-refractivity contribution in [1.29, 1.82) is 5.26 Å². The highest BCUT2D eigenvalue weighted by molar-refractivity contribution is 5.56. The number of benzene rings is 1. The summed E-state index contributed by atoms with van der Waals surface area (Å²) < 4.78 is 0. The van der Waals surface area contributed by atoms with Crippen molar-refractivity contribution in [3.63, 3.8) is 0 Å². The Morgan fingerprint density at radius 1 is 1.12 bits per heavy atom. The van der Waals surface area contributed by atoms with Crippen LogP contribution in [0.1, 0.15) is 18.5 Å². The van der Waals surface area contributed by atoms with E-state index in [-0.39, 0.29) is 0 Å². The highest BCUT2D eigenvalue weighted by Crippen LogP contribution is 2.23. The average molecular weight is 322 g/mol. The molecule has 1 N–H and O–H groups in total. The van der Waals surface area contributed by atoms with Crippen molar-refractivity contribution in [2.24, 2.45) is 0 Å². The van der Waals surface area contributed by atoms with Gasteiger partial charge in [0.15, 0.2) is 5.69 Å². The van der Waals surface area contributed by atoms with Crippen molar-refractivity contribution in [1.82, 2.24) is 9.97 Å². The van der Waals surface area contributed by atoms with Crippen LogP contribution >= 0.6 is 0 Å². The van der Waals surface area contributed by atoms with Crippen molar-refractivity contribution in [2.45, 2.75) is 18.9 Å². The molecule has 0 bridgehead atoms. The molecule has 2 aromatic rings. The van der Waals surface area contributed by atoms with Gasteiger partial charge in [-0.1, -0.05) is 0 Å². The molecule has 0 atom stereocenters. The summed E-state index contributed by atoms with van der Waals surface area (Å²) in [7, 11) is 4.11. The van der Waals surface area contributed by atoms with Crippen LogP contribution in [0.3, 0.4) is 0 Å². The van der Waals surface area contributed by atoms with Gasteiger partial charge in [-0.15, -0.1) is 0 Å². The maximum Gasteiger partial charge on any atom is 0.158 e. The maximum atomic E-state index is 8.75. The SMILES string of the molecule is CN(C)c1ccc(N2CCC(Nc3cnc(C#N)cn3)CC2)cc1. The molecule has 1 aliphatic heterocycles. The molecule has 0 amide bonds. The second-order valence-corrected chi connectivity index (χ2v) is 6.22. The maximum absolute atomic E-state index is 8.75. The van der Waals surface area contributed by atoms with E-state index in [9.17, 15) is 0 Å². The number of aromatic nitrogens is 2. The molecular weight excluding hydrogens is 300 g/mol. The number of piperidine rings is 1. The van der Waals surface area contributed by atoms with Gasteiger partial charge in [0.2, 0.25) is 0 Å². The minimum Gasteiger partial charge on any atom is -0.378 e. The van der Waals surface area contributed by atoms with Crippen LogP contribution in [0.4, 0.5) is 17.2 Å². The highest BCUT2D eigenvalue weighted by atomic mass is 15.2. The first-order chi connectivity index (χ1) is 11.7. The molecule has 3 rings (SSSR count). The Morgan fingerprint density at radius 2 is 1.83 bits per heavy atom. The fourth-order valence-electron chi connectivity index (χ4n) is 2.91. The third-order valence-corrected chi connectivity index (χ3v) is 4.34. The van der Waals surface area contributed by atoms with Crippen LogP contribution in [0, 0.1) is 11.3 Å². The van der Waals surface area contributed by atoms with Crippen LogP contribution in [0.5, 0.6) is 0 Å². The van der Waals surface area contributed by atoms with Crippen LogP contribution < -0.4 is 15.1 Å². The lowest BCUT2D eigenvalue weighted by Gasteiger charge is -2.34. The number of nitriles is 1. The molecule has 1 fully saturated rings. The van der Waals surface area contributed by atoms with Gasteiger partial charge in [-0.2, -0.15) is 5.26 Å². The van der Waals surface area contributed by atoms with Gasteiger partial charge < -0.3 is 15.1 Å². The van der Waals surface area contributed by atoms with Gasteiger partial charge >= 0.3 is 0 Å². The Bertz CT molecular complexity index is 694. The predicted octanol–water partition coefficient (Wildman–Crippen LogP) is 2.50. The molecule has 1 aromatic carbocycles. The van der Waals surface area contributed by atoms with Crippen molar-refractivity contribution in [3.8, 4) is 6.07 Å². The molecule has 0 saturated carbocycles. The number of hydrogen-bond acceptors (Lipinski definition) is 6. The van der Waals surface area contributed by atoms with Crippen LogP contribution in [-0.4, -0.2) is 43.2 Å². The summed E-state index contributed by atoms with van der Waals surface area (Å²) in [4.78, 5) is 12.8. The smallest absolute Gasteiger partial charge is 0.158 e. The van der Waals surface area contributed by atoms with Crippen molar-refractivity contribution >= 4 is 17.2 Å². The molecule has 0 unspecified atom stereocenters. The normalized spacial score (nSPS) is 15.0. The second-order valence-electron chi connectivity index (χ2n) is 6.22. The van der Waals surface area contributed by atoms with Gasteiger partial charge in [0.1, 0.15) is 11.9 Å². The Kier molecular flexibility index (Phi) is 4.80. The molecule has 2 heterocycles. The molecule has 0 radical (unpaired) electrons. The van der Waals surface area contributed by atoms with Crippen molar-refractivity contribution < 1.29 is 0 Å². The fourth-order valence-corrected chi connectivity index (χ4v) is 2.91. The minimum absolute atomic E-state index is 0.344. The molecule has 6 nitrogen and oxygen atoms in total. The standard InChI is InChI=1S/C18H22N6/c1-23(2)16-3-5-17(6-4-16)24-9-7-14(8-10-24)22-18-13-20-15(11-19)12-21-18/h3-6,12-14H,7-10H2,1-2H3,(H,21,22). The topological polar surface area (TPSA) is 68.1 Å². The van der Waals surface area contributed by atoms with Gasteiger partial charge in [-0.25, -0.2) is 9.97 Å². The Hall–Kier alpha value is -2.81. The van der Waals surface area contributed by atoms with Crippen LogP contribution in [0.2, 0.25) is 0 Å². The van der Waals surface area contributed by atoms with Gasteiger partial charge in [-0.3, -0.25) is 0 Å². The number of rotatable bonds is 4. The fraction of sp³-hybridized carbons (Fsp3) is 0.389. The third kappa shape index (κ3) is 3.74. The summed E-state index contributed by atoms with van der Waals surface area (Å²) in [5, 5.41) is 12.2. The van der Waals surface area contributed by atoms with E-state index in [0.29, 0.717) is 11.7 Å². The van der Waals surface area contributed by atoms with E-state index >= 15 is 0 Å². The number of hydrogen-bond donors (Lipinski definition) is 1. The summed E-state index contributed by atoms with van der Waals surface area (Å²) in [6, 6.07) is 11.1. The van der Waals surface area contributed by atoms with E-state index in [1.54, 1.807) is 6.20 Å². The van der Waals surface area contributed by atoms with E-state index in [1.807, 2.05) is 6.07 Å². The zero-order valence-corrected chi connectivity index (χ0v) is 14.1. The molecule has 124 valence electrons. The lowest BCUT2D eigenvalue weighted by Crippen LogP contribution is -2.39. The molecular formula is C18H22N6. The van der Waals surface area contributed by atoms with Gasteiger partial charge in [0.05, 0.1) is 12.4 Å². The van der Waals surface area contributed by atoms with Crippen molar-refractivity contribution in [3.05, 3.63) is 42.4 Å². The van der Waals surface area contributed by atoms with E-state index < -0.39 is 0 Å². The predicted molar refractivity (Wildman–Crippen MR) is 96.4 cm³/mol. The van der Waals surface area contributed by atoms with Gasteiger partial charge in [0.25, 0.3) is 0 Å². The molecule has 0 aliphatic carbocycles.